The van der Waals surface area contributed by atoms with Crippen LogP contribution in [0.5, 0.6) is 0 Å². The van der Waals surface area contributed by atoms with Gasteiger partial charge in [-0.05, 0) is 61.4 Å². The Morgan fingerprint density at radius 2 is 1.91 bits per heavy atom. The molecule has 2 aromatic carbocycles. The number of thioether (sulfide) groups is 1. The lowest BCUT2D eigenvalue weighted by Crippen LogP contribution is -2.59. The molecular formula is C34H39ClN2O5S. The average Bonchev–Trinajstić information content (AvgIpc) is 3.61. The molecule has 228 valence electrons. The van der Waals surface area contributed by atoms with Gasteiger partial charge in [0.2, 0.25) is 5.91 Å². The molecule has 2 bridgehead atoms. The molecule has 2 aromatic rings. The Kier molecular flexibility index (Phi) is 9.69. The van der Waals surface area contributed by atoms with Crippen LogP contribution in [0.4, 0.5) is 5.69 Å². The van der Waals surface area contributed by atoms with Crippen molar-refractivity contribution in [3.05, 3.63) is 90.5 Å². The topological polar surface area (TPSA) is 87.1 Å². The molecule has 7 nitrogen and oxygen atoms in total. The number of fused-ring (bicyclic) bond motifs is 1. The number of unbranched alkanes of at least 4 members (excludes halogenated alkanes) is 1. The van der Waals surface area contributed by atoms with Crippen LogP contribution >= 0.6 is 23.4 Å². The lowest BCUT2D eigenvalue weighted by molar-refractivity contribution is -0.155. The number of ether oxygens (including phenoxy) is 1. The van der Waals surface area contributed by atoms with Gasteiger partial charge in [-0.3, -0.25) is 14.4 Å². The lowest BCUT2D eigenvalue weighted by atomic mass is 9.66. The van der Waals surface area contributed by atoms with E-state index in [1.54, 1.807) is 58.0 Å². The van der Waals surface area contributed by atoms with Gasteiger partial charge in [0.1, 0.15) is 6.04 Å². The molecule has 7 atom stereocenters. The highest BCUT2D eigenvalue weighted by atomic mass is 35.5. The number of allylic oxidation sites excluding steroid dienone is 1. The van der Waals surface area contributed by atoms with Gasteiger partial charge in [-0.25, -0.2) is 0 Å². The summed E-state index contributed by atoms with van der Waals surface area (Å²) < 4.78 is 4.86. The van der Waals surface area contributed by atoms with E-state index >= 15 is 0 Å². The number of hydrogen-bond acceptors (Lipinski definition) is 6. The van der Waals surface area contributed by atoms with Crippen molar-refractivity contribution in [1.29, 1.82) is 0 Å². The van der Waals surface area contributed by atoms with E-state index in [0.29, 0.717) is 30.0 Å². The fraction of sp³-hybridized carbons (Fsp3) is 0.441. The number of likely N-dealkylation sites (tertiary alicyclic amines) is 1. The molecule has 3 unspecified atom stereocenters. The zero-order chi connectivity index (χ0) is 30.7. The fourth-order valence-electron chi connectivity index (χ4n) is 7.25. The Bertz CT molecular complexity index is 1350. The van der Waals surface area contributed by atoms with Gasteiger partial charge in [0, 0.05) is 22.5 Å². The quantitative estimate of drug-likeness (QED) is 0.185. The average molecular weight is 623 g/mol. The van der Waals surface area contributed by atoms with Gasteiger partial charge in [0.05, 0.1) is 35.8 Å². The van der Waals surface area contributed by atoms with E-state index < -0.39 is 28.7 Å². The third kappa shape index (κ3) is 5.65. The number of hydrogen-bond donors (Lipinski definition) is 1. The molecule has 9 heteroatoms. The molecule has 5 rings (SSSR count). The number of aliphatic hydroxyl groups is 1. The summed E-state index contributed by atoms with van der Waals surface area (Å²) in [4.78, 5) is 46.3. The minimum Gasteiger partial charge on any atom is -0.465 e. The number of benzene rings is 2. The van der Waals surface area contributed by atoms with E-state index in [-0.39, 0.29) is 48.7 Å². The molecule has 1 spiro atoms. The fourth-order valence-corrected chi connectivity index (χ4v) is 9.77. The number of esters is 1. The standard InChI is InChI=1S/C34H39ClN2O5S/c1-4-6-10-18-42-33(41)28-27-19-22(3)34(43-27)29(28)31(39)37(26(21-38)20-23-11-8-7-9-12-23)30(34)32(40)36(17-5-2)25-15-13-24(35)14-16-25/h4-5,7-9,11-16,22,26-30,38H,1-2,6,10,17-21H2,3H3/t22?,26-,27-,28+,29+,30?,34?/m1/s1. The summed E-state index contributed by atoms with van der Waals surface area (Å²) in [5, 5.41) is 11.2. The van der Waals surface area contributed by atoms with Crippen LogP contribution in [0.2, 0.25) is 5.02 Å². The van der Waals surface area contributed by atoms with Crippen LogP contribution in [0, 0.1) is 17.8 Å². The molecule has 2 amide bonds. The Hall–Kier alpha value is -3.07. The van der Waals surface area contributed by atoms with E-state index in [1.165, 1.54) is 0 Å². The SMILES string of the molecule is C=CCCCOC(=O)[C@@H]1[C@H]2C(=O)N([C@@H](CO)Cc3ccccc3)C(C(=O)N(CC=C)c3ccc(Cl)cc3)C23S[C@@H]1CC3C. The number of aliphatic hydroxyl groups excluding tert-OH is 1. The van der Waals surface area contributed by atoms with Crippen molar-refractivity contribution in [2.24, 2.45) is 17.8 Å². The first kappa shape index (κ1) is 31.4. The largest absolute Gasteiger partial charge is 0.465 e. The third-order valence-corrected chi connectivity index (χ3v) is 11.4. The monoisotopic (exact) mass is 622 g/mol. The second-order valence-corrected chi connectivity index (χ2v) is 13.6. The molecule has 3 saturated heterocycles. The van der Waals surface area contributed by atoms with Crippen LogP contribution < -0.4 is 4.90 Å². The van der Waals surface area contributed by atoms with E-state index in [2.05, 4.69) is 20.1 Å². The number of rotatable bonds is 13. The number of nitrogens with zero attached hydrogens (tertiary/aromatic N) is 2. The second-order valence-electron chi connectivity index (χ2n) is 11.6. The highest BCUT2D eigenvalue weighted by Crippen LogP contribution is 2.69. The first-order valence-electron chi connectivity index (χ1n) is 14.9. The van der Waals surface area contributed by atoms with Crippen LogP contribution in [0.1, 0.15) is 31.7 Å². The molecular weight excluding hydrogens is 584 g/mol. The van der Waals surface area contributed by atoms with Crippen LogP contribution in [-0.2, 0) is 25.5 Å². The molecule has 1 N–H and O–H groups in total. The normalized spacial score (nSPS) is 27.9. The minimum absolute atomic E-state index is 0.0212. The number of anilines is 1. The maximum atomic E-state index is 14.9. The molecule has 0 radical (unpaired) electrons. The van der Waals surface area contributed by atoms with Crippen LogP contribution in [0.3, 0.4) is 0 Å². The Morgan fingerprint density at radius 3 is 2.56 bits per heavy atom. The number of carbonyl (C=O) groups excluding carboxylic acids is 3. The number of carbonyl (C=O) groups is 3. The van der Waals surface area contributed by atoms with Crippen molar-refractivity contribution in [2.45, 2.75) is 54.7 Å². The Morgan fingerprint density at radius 1 is 1.19 bits per heavy atom. The van der Waals surface area contributed by atoms with Gasteiger partial charge in [0.15, 0.2) is 0 Å². The summed E-state index contributed by atoms with van der Waals surface area (Å²) in [7, 11) is 0. The summed E-state index contributed by atoms with van der Waals surface area (Å²) in [6, 6.07) is 15.1. The Labute approximate surface area is 262 Å². The second kappa shape index (κ2) is 13.3. The van der Waals surface area contributed by atoms with Gasteiger partial charge in [-0.15, -0.1) is 24.9 Å². The molecule has 3 heterocycles. The highest BCUT2D eigenvalue weighted by Gasteiger charge is 2.77. The maximum absolute atomic E-state index is 14.9. The van der Waals surface area contributed by atoms with Gasteiger partial charge in [-0.1, -0.05) is 61.0 Å². The van der Waals surface area contributed by atoms with Crippen molar-refractivity contribution in [1.82, 2.24) is 4.90 Å². The van der Waals surface area contributed by atoms with Gasteiger partial charge in [-0.2, -0.15) is 0 Å². The van der Waals surface area contributed by atoms with E-state index in [9.17, 15) is 19.5 Å². The smallest absolute Gasteiger partial charge is 0.310 e. The predicted molar refractivity (Wildman–Crippen MR) is 171 cm³/mol. The third-order valence-electron chi connectivity index (χ3n) is 9.12. The van der Waals surface area contributed by atoms with Crippen molar-refractivity contribution in [2.75, 3.05) is 24.7 Å². The summed E-state index contributed by atoms with van der Waals surface area (Å²) >= 11 is 7.76. The van der Waals surface area contributed by atoms with Gasteiger partial charge in [0.25, 0.3) is 5.91 Å². The summed E-state index contributed by atoms with van der Waals surface area (Å²) in [6.07, 6.45) is 5.90. The van der Waals surface area contributed by atoms with E-state index in [4.69, 9.17) is 16.3 Å². The first-order chi connectivity index (χ1) is 20.8. The van der Waals surface area contributed by atoms with Crippen LogP contribution in [0.25, 0.3) is 0 Å². The zero-order valence-electron chi connectivity index (χ0n) is 24.4. The number of amides is 2. The zero-order valence-corrected chi connectivity index (χ0v) is 26.0. The predicted octanol–water partition coefficient (Wildman–Crippen LogP) is 5.31. The number of halogens is 1. The van der Waals surface area contributed by atoms with E-state index in [1.807, 2.05) is 30.3 Å². The maximum Gasteiger partial charge on any atom is 0.310 e. The van der Waals surface area contributed by atoms with Crippen molar-refractivity contribution in [3.63, 3.8) is 0 Å². The molecule has 3 aliphatic heterocycles. The van der Waals surface area contributed by atoms with Crippen molar-refractivity contribution < 1.29 is 24.2 Å². The first-order valence-corrected chi connectivity index (χ1v) is 16.1. The summed E-state index contributed by atoms with van der Waals surface area (Å²) in [6.45, 7) is 9.84. The molecule has 3 fully saturated rings. The lowest BCUT2D eigenvalue weighted by Gasteiger charge is -2.42. The molecule has 0 aliphatic carbocycles. The molecule has 0 aromatic heterocycles. The molecule has 43 heavy (non-hydrogen) atoms. The molecule has 0 saturated carbocycles. The van der Waals surface area contributed by atoms with E-state index in [0.717, 1.165) is 12.0 Å². The Balaban J connectivity index is 1.58. The summed E-state index contributed by atoms with van der Waals surface area (Å²) in [5.41, 5.74) is 1.58. The van der Waals surface area contributed by atoms with Crippen LogP contribution in [0.15, 0.2) is 79.9 Å². The van der Waals surface area contributed by atoms with Crippen LogP contribution in [-0.4, -0.2) is 69.6 Å². The van der Waals surface area contributed by atoms with Gasteiger partial charge >= 0.3 is 5.97 Å². The van der Waals surface area contributed by atoms with Crippen molar-refractivity contribution in [3.8, 4) is 0 Å². The summed E-state index contributed by atoms with van der Waals surface area (Å²) in [5.74, 6) is -2.31. The molecule has 3 aliphatic rings. The van der Waals surface area contributed by atoms with Crippen molar-refractivity contribution >= 4 is 46.8 Å². The minimum atomic E-state index is -0.898. The van der Waals surface area contributed by atoms with Gasteiger partial charge < -0.3 is 19.6 Å². The highest BCUT2D eigenvalue weighted by molar-refractivity contribution is 8.02.